The van der Waals surface area contributed by atoms with Gasteiger partial charge in [0.1, 0.15) is 0 Å². The Morgan fingerprint density at radius 2 is 0.667 bits per heavy atom. The Labute approximate surface area is 188 Å². The van der Waals surface area contributed by atoms with Gasteiger partial charge >= 0.3 is 0 Å². The van der Waals surface area contributed by atoms with E-state index >= 15 is 0 Å². The van der Waals surface area contributed by atoms with Gasteiger partial charge in [-0.15, -0.1) is 0 Å². The van der Waals surface area contributed by atoms with E-state index in [1.807, 2.05) is 0 Å². The first-order valence-electron chi connectivity index (χ1n) is 3.89. The summed E-state index contributed by atoms with van der Waals surface area (Å²) in [5.74, 6) is 0. The van der Waals surface area contributed by atoms with Crippen LogP contribution in [-0.4, -0.2) is 128 Å². The Morgan fingerprint density at radius 3 is 0.762 bits per heavy atom. The van der Waals surface area contributed by atoms with Crippen molar-refractivity contribution in [3.63, 3.8) is 0 Å². The Bertz CT molecular complexity index is 675. The summed E-state index contributed by atoms with van der Waals surface area (Å²) in [5, 5.41) is 0. The van der Waals surface area contributed by atoms with Crippen molar-refractivity contribution in [1.29, 1.82) is 0 Å². The fraction of sp³-hybridized carbons (Fsp3) is 0. The minimum absolute atomic E-state index is 0. The molecule has 3 N–H and O–H groups in total. The summed E-state index contributed by atoms with van der Waals surface area (Å²) in [7, 11) is -14.8. The van der Waals surface area contributed by atoms with Gasteiger partial charge in [0.25, 0.3) is 30.4 Å². The Kier molecular flexibility index (Phi) is 12.5. The molecule has 9 nitrogen and oxygen atoms in total. The van der Waals surface area contributed by atoms with E-state index in [-0.39, 0.29) is 88.7 Å². The first kappa shape index (κ1) is 27.8. The van der Waals surface area contributed by atoms with Gasteiger partial charge in [-0.1, -0.05) is 0 Å². The number of hydrogen-bond donors (Lipinski definition) is 3. The molecule has 0 heterocycles. The minimum atomic E-state index is -4.92. The van der Waals surface area contributed by atoms with E-state index in [1.165, 1.54) is 0 Å². The van der Waals surface area contributed by atoms with E-state index < -0.39 is 45.0 Å². The molecule has 0 aliphatic heterocycles. The topological polar surface area (TPSA) is 163 Å². The molecule has 1 aromatic rings. The second-order valence-electron chi connectivity index (χ2n) is 3.07. The average molecular weight is 387 g/mol. The molecule has 0 aliphatic rings. The Hall–Kier alpha value is 1.95. The van der Waals surface area contributed by atoms with Crippen molar-refractivity contribution >= 4 is 119 Å². The number of rotatable bonds is 3. The Balaban J connectivity index is -0.00000108. The van der Waals surface area contributed by atoms with Crippen LogP contribution in [0.3, 0.4) is 0 Å². The van der Waals surface area contributed by atoms with Crippen LogP contribution in [0.4, 0.5) is 0 Å². The van der Waals surface area contributed by atoms with Gasteiger partial charge in [0, 0.05) is 88.7 Å². The molecule has 0 unspecified atom stereocenters. The standard InChI is InChI=1S/C6H6O9S3.3Na/c7-16(8,9)4-1-5(17(10,11)12)3-6(2-4)18(13,14)15;;;/h1-3H,(H,7,8,9)(H,10,11,12)(H,13,14,15);;;. The average Bonchev–Trinajstić information content (AvgIpc) is 2.13. The van der Waals surface area contributed by atoms with Crippen LogP contribution in [0.25, 0.3) is 0 Å². The largest absolute Gasteiger partial charge is 0.294 e. The van der Waals surface area contributed by atoms with Gasteiger partial charge in [0.05, 0.1) is 14.7 Å². The van der Waals surface area contributed by atoms with Crippen LogP contribution in [-0.2, 0) is 30.4 Å². The summed E-state index contributed by atoms with van der Waals surface area (Å²) in [4.78, 5) is -3.32. The smallest absolute Gasteiger partial charge is 0.282 e. The molecule has 0 aliphatic carbocycles. The van der Waals surface area contributed by atoms with E-state index in [9.17, 15) is 25.3 Å². The van der Waals surface area contributed by atoms with Gasteiger partial charge in [-0.25, -0.2) is 0 Å². The van der Waals surface area contributed by atoms with Gasteiger partial charge in [-0.2, -0.15) is 25.3 Å². The maximum Gasteiger partial charge on any atom is 0.294 e. The molecule has 0 fully saturated rings. The fourth-order valence-electron chi connectivity index (χ4n) is 0.992. The van der Waals surface area contributed by atoms with Crippen molar-refractivity contribution in [2.45, 2.75) is 14.7 Å². The summed E-state index contributed by atoms with van der Waals surface area (Å²) >= 11 is 0. The van der Waals surface area contributed by atoms with E-state index in [1.54, 1.807) is 0 Å². The number of hydrogen-bond acceptors (Lipinski definition) is 6. The van der Waals surface area contributed by atoms with Crippen LogP contribution in [0, 0.1) is 0 Å². The maximum atomic E-state index is 10.8. The minimum Gasteiger partial charge on any atom is -0.282 e. The first-order valence-corrected chi connectivity index (χ1v) is 8.21. The summed E-state index contributed by atoms with van der Waals surface area (Å²) in [6.07, 6.45) is 0. The van der Waals surface area contributed by atoms with Crippen molar-refractivity contribution in [3.05, 3.63) is 18.2 Å². The summed E-state index contributed by atoms with van der Waals surface area (Å²) < 4.78 is 90.8. The SMILES string of the molecule is O=S(=O)(O)c1cc(S(=O)(=O)O)cc(S(=O)(=O)O)c1.[Na].[Na].[Na]. The van der Waals surface area contributed by atoms with Crippen molar-refractivity contribution in [2.24, 2.45) is 0 Å². The molecule has 0 amide bonds. The molecule has 0 aromatic heterocycles. The van der Waals surface area contributed by atoms with Crippen molar-refractivity contribution < 1.29 is 38.9 Å². The molecule has 0 bridgehead atoms. The van der Waals surface area contributed by atoms with E-state index in [0.29, 0.717) is 18.2 Å². The molecule has 0 saturated carbocycles. The first-order chi connectivity index (χ1) is 7.82. The molecule has 21 heavy (non-hydrogen) atoms. The molecule has 3 radical (unpaired) electrons. The third kappa shape index (κ3) is 8.56. The van der Waals surface area contributed by atoms with Crippen LogP contribution in [0.5, 0.6) is 0 Å². The molecule has 1 rings (SSSR count). The zero-order valence-corrected chi connectivity index (χ0v) is 19.7. The summed E-state index contributed by atoms with van der Waals surface area (Å²) in [5.41, 5.74) is 0. The van der Waals surface area contributed by atoms with Gasteiger partial charge in [0.2, 0.25) is 0 Å². The van der Waals surface area contributed by atoms with Crippen LogP contribution < -0.4 is 0 Å². The van der Waals surface area contributed by atoms with Crippen LogP contribution >= 0.6 is 0 Å². The third-order valence-electron chi connectivity index (χ3n) is 1.75. The van der Waals surface area contributed by atoms with Crippen LogP contribution in [0.15, 0.2) is 32.9 Å². The second kappa shape index (κ2) is 9.44. The molecule has 15 heteroatoms. The van der Waals surface area contributed by atoms with Crippen molar-refractivity contribution in [1.82, 2.24) is 0 Å². The van der Waals surface area contributed by atoms with Crippen molar-refractivity contribution in [3.8, 4) is 0 Å². The predicted molar refractivity (Wildman–Crippen MR) is 73.1 cm³/mol. The van der Waals surface area contributed by atoms with Crippen LogP contribution in [0.1, 0.15) is 0 Å². The van der Waals surface area contributed by atoms with Gasteiger partial charge in [0.15, 0.2) is 0 Å². The molecule has 0 atom stereocenters. The summed E-state index contributed by atoms with van der Waals surface area (Å²) in [6, 6.07) is 0.998. The molecule has 1 aromatic carbocycles. The molecule has 0 spiro atoms. The Morgan fingerprint density at radius 1 is 0.524 bits per heavy atom. The predicted octanol–water partition coefficient (Wildman–Crippen LogP) is -1.72. The molecular weight excluding hydrogens is 381 g/mol. The quantitative estimate of drug-likeness (QED) is 0.404. The van der Waals surface area contributed by atoms with E-state index in [0.717, 1.165) is 0 Å². The van der Waals surface area contributed by atoms with Gasteiger partial charge in [-0.3, -0.25) is 13.7 Å². The monoisotopic (exact) mass is 387 g/mol. The van der Waals surface area contributed by atoms with Crippen LogP contribution in [0.2, 0.25) is 0 Å². The second-order valence-corrected chi connectivity index (χ2v) is 7.33. The van der Waals surface area contributed by atoms with Gasteiger partial charge in [-0.05, 0) is 18.2 Å². The van der Waals surface area contributed by atoms with E-state index in [2.05, 4.69) is 0 Å². The van der Waals surface area contributed by atoms with E-state index in [4.69, 9.17) is 13.7 Å². The summed E-state index contributed by atoms with van der Waals surface area (Å²) in [6.45, 7) is 0. The normalized spacial score (nSPS) is 11.6. The molecular formula is C6H6Na3O9S3. The maximum absolute atomic E-state index is 10.8. The van der Waals surface area contributed by atoms with Crippen molar-refractivity contribution in [2.75, 3.05) is 0 Å². The fourth-order valence-corrected chi connectivity index (χ4v) is 2.87. The third-order valence-corrected chi connectivity index (χ3v) is 4.24. The molecule has 105 valence electrons. The zero-order valence-electron chi connectivity index (χ0n) is 11.2. The zero-order chi connectivity index (χ0) is 14.4. The molecule has 0 saturated heterocycles. The van der Waals surface area contributed by atoms with Gasteiger partial charge < -0.3 is 0 Å². The number of benzene rings is 1.